The molecule has 0 unspecified atom stereocenters. The van der Waals surface area contributed by atoms with Crippen molar-refractivity contribution in [2.45, 2.75) is 59.3 Å². The Hall–Kier alpha value is -2.95. The zero-order valence-corrected chi connectivity index (χ0v) is 17.6. The lowest BCUT2D eigenvalue weighted by atomic mass is 10.0. The average molecular weight is 394 g/mol. The molecular weight excluding hydrogens is 362 g/mol. The number of unbranched alkanes of at least 4 members (excludes halogenated alkanes) is 2. The van der Waals surface area contributed by atoms with E-state index in [9.17, 15) is 9.59 Å². The molecule has 0 saturated carbocycles. The van der Waals surface area contributed by atoms with Crippen LogP contribution in [0.2, 0.25) is 0 Å². The summed E-state index contributed by atoms with van der Waals surface area (Å²) >= 11 is 0. The molecule has 0 heterocycles. The fraction of sp³-hybridized carbons (Fsp3) is 0.375. The van der Waals surface area contributed by atoms with E-state index in [4.69, 9.17) is 0 Å². The van der Waals surface area contributed by atoms with Crippen LogP contribution in [0.5, 0.6) is 0 Å². The van der Waals surface area contributed by atoms with E-state index < -0.39 is 0 Å². The molecule has 0 aliphatic heterocycles. The number of hydrogen-bond acceptors (Lipinski definition) is 3. The summed E-state index contributed by atoms with van der Waals surface area (Å²) in [6.45, 7) is 6.12. The van der Waals surface area contributed by atoms with Gasteiger partial charge in [0.2, 0.25) is 11.8 Å². The Balaban J connectivity index is 1.87. The Kier molecular flexibility index (Phi) is 9.09. The SMILES string of the molecule is CCCCC/C(=N\NC(=O)CCC(=O)Nc1ccc(C)cc1C)c1ccccc1. The number of anilines is 1. The summed E-state index contributed by atoms with van der Waals surface area (Å²) < 4.78 is 0. The Bertz CT molecular complexity index is 844. The number of hydrogen-bond donors (Lipinski definition) is 2. The minimum atomic E-state index is -0.260. The third-order valence-electron chi connectivity index (χ3n) is 4.67. The third kappa shape index (κ3) is 7.90. The van der Waals surface area contributed by atoms with E-state index in [0.29, 0.717) is 0 Å². The Labute approximate surface area is 173 Å². The summed E-state index contributed by atoms with van der Waals surface area (Å²) in [4.78, 5) is 24.3. The smallest absolute Gasteiger partial charge is 0.240 e. The molecule has 2 rings (SSSR count). The zero-order valence-electron chi connectivity index (χ0n) is 17.6. The molecule has 29 heavy (non-hydrogen) atoms. The quantitative estimate of drug-likeness (QED) is 0.334. The van der Waals surface area contributed by atoms with Crippen molar-refractivity contribution >= 4 is 23.2 Å². The van der Waals surface area contributed by atoms with Crippen molar-refractivity contribution in [3.8, 4) is 0 Å². The summed E-state index contributed by atoms with van der Waals surface area (Å²) in [5.41, 5.74) is 7.42. The Morgan fingerprint density at radius 1 is 0.897 bits per heavy atom. The molecule has 2 aromatic rings. The van der Waals surface area contributed by atoms with Gasteiger partial charge < -0.3 is 5.32 Å². The molecule has 0 aromatic heterocycles. The van der Waals surface area contributed by atoms with E-state index in [2.05, 4.69) is 22.8 Å². The standard InChI is InChI=1S/C24H31N3O2/c1-4-5-7-12-22(20-10-8-6-9-11-20)26-27-24(29)16-15-23(28)25-21-14-13-18(2)17-19(21)3/h6,8-11,13-14,17H,4-5,7,12,15-16H2,1-3H3,(H,25,28)(H,27,29)/b26-22+. The van der Waals surface area contributed by atoms with Gasteiger partial charge in [0.05, 0.1) is 5.71 Å². The number of amides is 2. The van der Waals surface area contributed by atoms with Crippen molar-refractivity contribution < 1.29 is 9.59 Å². The minimum absolute atomic E-state index is 0.0945. The highest BCUT2D eigenvalue weighted by Crippen LogP contribution is 2.16. The van der Waals surface area contributed by atoms with Crippen LogP contribution in [-0.4, -0.2) is 17.5 Å². The number of nitrogens with one attached hydrogen (secondary N) is 2. The lowest BCUT2D eigenvalue weighted by Crippen LogP contribution is -2.22. The van der Waals surface area contributed by atoms with Crippen LogP contribution in [-0.2, 0) is 9.59 Å². The van der Waals surface area contributed by atoms with Gasteiger partial charge in [-0.05, 0) is 43.9 Å². The third-order valence-corrected chi connectivity index (χ3v) is 4.67. The molecule has 2 aromatic carbocycles. The number of nitrogens with zero attached hydrogens (tertiary/aromatic N) is 1. The van der Waals surface area contributed by atoms with Gasteiger partial charge in [-0.15, -0.1) is 0 Å². The molecule has 0 spiro atoms. The van der Waals surface area contributed by atoms with Gasteiger partial charge in [-0.2, -0.15) is 5.10 Å². The van der Waals surface area contributed by atoms with Crippen LogP contribution >= 0.6 is 0 Å². The summed E-state index contributed by atoms with van der Waals surface area (Å²) in [5.74, 6) is -0.438. The molecule has 2 amide bonds. The zero-order chi connectivity index (χ0) is 21.1. The maximum atomic E-state index is 12.2. The molecule has 0 radical (unpaired) electrons. The molecule has 5 nitrogen and oxygen atoms in total. The van der Waals surface area contributed by atoms with Crippen molar-refractivity contribution in [3.05, 3.63) is 65.2 Å². The van der Waals surface area contributed by atoms with Crippen molar-refractivity contribution in [2.75, 3.05) is 5.32 Å². The second-order valence-electron chi connectivity index (χ2n) is 7.28. The molecule has 0 saturated heterocycles. The van der Waals surface area contributed by atoms with Gasteiger partial charge in [0.25, 0.3) is 0 Å². The van der Waals surface area contributed by atoms with Gasteiger partial charge in [-0.3, -0.25) is 9.59 Å². The predicted octanol–water partition coefficient (Wildman–Crippen LogP) is 5.12. The molecular formula is C24H31N3O2. The van der Waals surface area contributed by atoms with Crippen LogP contribution < -0.4 is 10.7 Å². The minimum Gasteiger partial charge on any atom is -0.326 e. The van der Waals surface area contributed by atoms with E-state index in [1.54, 1.807) is 0 Å². The number of aryl methyl sites for hydroxylation is 2. The van der Waals surface area contributed by atoms with E-state index in [0.717, 1.165) is 53.8 Å². The lowest BCUT2D eigenvalue weighted by molar-refractivity contribution is -0.124. The monoisotopic (exact) mass is 393 g/mol. The second-order valence-corrected chi connectivity index (χ2v) is 7.28. The summed E-state index contributed by atoms with van der Waals surface area (Å²) in [5, 5.41) is 7.20. The van der Waals surface area contributed by atoms with Gasteiger partial charge in [0.15, 0.2) is 0 Å². The van der Waals surface area contributed by atoms with Crippen LogP contribution in [0.3, 0.4) is 0 Å². The second kappa shape index (κ2) is 11.8. The Morgan fingerprint density at radius 3 is 2.31 bits per heavy atom. The molecule has 0 aliphatic carbocycles. The number of hydrazone groups is 1. The summed E-state index contributed by atoms with van der Waals surface area (Å²) in [6, 6.07) is 15.7. The molecule has 2 N–H and O–H groups in total. The summed E-state index contributed by atoms with van der Waals surface area (Å²) in [7, 11) is 0. The molecule has 0 fully saturated rings. The first kappa shape index (κ1) is 22.3. The van der Waals surface area contributed by atoms with Crippen LogP contribution in [0, 0.1) is 13.8 Å². The first-order chi connectivity index (χ1) is 14.0. The first-order valence-corrected chi connectivity index (χ1v) is 10.3. The number of rotatable bonds is 10. The van der Waals surface area contributed by atoms with E-state index in [1.165, 1.54) is 0 Å². The fourth-order valence-electron chi connectivity index (χ4n) is 3.02. The molecule has 154 valence electrons. The van der Waals surface area contributed by atoms with Crippen molar-refractivity contribution in [3.63, 3.8) is 0 Å². The molecule has 0 aliphatic rings. The van der Waals surface area contributed by atoms with Gasteiger partial charge in [0, 0.05) is 18.5 Å². The highest BCUT2D eigenvalue weighted by atomic mass is 16.2. The summed E-state index contributed by atoms with van der Waals surface area (Å²) in [6.07, 6.45) is 4.30. The van der Waals surface area contributed by atoms with E-state index in [1.807, 2.05) is 62.4 Å². The molecule has 5 heteroatoms. The van der Waals surface area contributed by atoms with Crippen LogP contribution in [0.4, 0.5) is 5.69 Å². The normalized spacial score (nSPS) is 11.2. The topological polar surface area (TPSA) is 70.6 Å². The highest BCUT2D eigenvalue weighted by Gasteiger charge is 2.09. The lowest BCUT2D eigenvalue weighted by Gasteiger charge is -2.09. The van der Waals surface area contributed by atoms with Crippen molar-refractivity contribution in [1.82, 2.24) is 5.43 Å². The number of carbonyl (C=O) groups is 2. The molecule has 0 bridgehead atoms. The van der Waals surface area contributed by atoms with Gasteiger partial charge in [-0.1, -0.05) is 67.8 Å². The van der Waals surface area contributed by atoms with Gasteiger partial charge in [0.1, 0.15) is 0 Å². The van der Waals surface area contributed by atoms with Crippen molar-refractivity contribution in [2.24, 2.45) is 5.10 Å². The highest BCUT2D eigenvalue weighted by molar-refractivity contribution is 6.01. The van der Waals surface area contributed by atoms with Crippen molar-refractivity contribution in [1.29, 1.82) is 0 Å². The largest absolute Gasteiger partial charge is 0.326 e. The van der Waals surface area contributed by atoms with E-state index in [-0.39, 0.29) is 24.7 Å². The number of carbonyl (C=O) groups excluding carboxylic acids is 2. The maximum Gasteiger partial charge on any atom is 0.240 e. The number of benzene rings is 2. The van der Waals surface area contributed by atoms with Crippen LogP contribution in [0.15, 0.2) is 53.6 Å². The Morgan fingerprint density at radius 2 is 1.62 bits per heavy atom. The van der Waals surface area contributed by atoms with E-state index >= 15 is 0 Å². The van der Waals surface area contributed by atoms with Crippen LogP contribution in [0.25, 0.3) is 0 Å². The van der Waals surface area contributed by atoms with Gasteiger partial charge in [-0.25, -0.2) is 5.43 Å². The van der Waals surface area contributed by atoms with Gasteiger partial charge >= 0.3 is 0 Å². The predicted molar refractivity (Wildman–Crippen MR) is 119 cm³/mol. The molecule has 0 atom stereocenters. The first-order valence-electron chi connectivity index (χ1n) is 10.3. The van der Waals surface area contributed by atoms with Crippen LogP contribution in [0.1, 0.15) is 62.1 Å². The maximum absolute atomic E-state index is 12.2. The fourth-order valence-corrected chi connectivity index (χ4v) is 3.02. The average Bonchev–Trinajstić information content (AvgIpc) is 2.72.